The molecule has 0 amide bonds. The Morgan fingerprint density at radius 3 is 1.35 bits per heavy atom. The first-order valence-corrected chi connectivity index (χ1v) is 25.5. The van der Waals surface area contributed by atoms with Crippen LogP contribution in [0.25, 0.3) is 0 Å². The average Bonchev–Trinajstić information content (AvgIpc) is 3.24. The van der Waals surface area contributed by atoms with Gasteiger partial charge in [-0.25, -0.2) is 4.79 Å². The molecular weight excluding hydrogens is 791 g/mol. The van der Waals surface area contributed by atoms with Crippen molar-refractivity contribution in [2.75, 3.05) is 47.5 Å². The maximum absolute atomic E-state index is 12.8. The second kappa shape index (κ2) is 45.6. The zero-order valence-electron chi connectivity index (χ0n) is 41.2. The average molecular weight is 887 g/mol. The largest absolute Gasteiger partial charge is 0.477 e. The lowest BCUT2D eigenvalue weighted by Crippen LogP contribution is -2.40. The number of hydrogen-bond acceptors (Lipinski definition) is 7. The summed E-state index contributed by atoms with van der Waals surface area (Å²) in [5.41, 5.74) is 0. The minimum Gasteiger partial charge on any atom is -0.477 e. The van der Waals surface area contributed by atoms with E-state index >= 15 is 0 Å². The topological polar surface area (TPSA) is 108 Å². The van der Waals surface area contributed by atoms with Crippen LogP contribution in [0.15, 0.2) is 60.8 Å². The predicted molar refractivity (Wildman–Crippen MR) is 263 cm³/mol. The van der Waals surface area contributed by atoms with E-state index in [4.69, 9.17) is 18.9 Å². The molecule has 1 N–H and O–H groups in total. The molecule has 0 saturated heterocycles. The van der Waals surface area contributed by atoms with E-state index in [0.29, 0.717) is 17.4 Å². The molecule has 9 nitrogen and oxygen atoms in total. The van der Waals surface area contributed by atoms with Crippen LogP contribution in [0.4, 0.5) is 0 Å². The van der Waals surface area contributed by atoms with E-state index < -0.39 is 24.3 Å². The van der Waals surface area contributed by atoms with Crippen molar-refractivity contribution in [2.45, 2.75) is 219 Å². The van der Waals surface area contributed by atoms with Crippen LogP contribution in [0.3, 0.4) is 0 Å². The highest BCUT2D eigenvalue weighted by molar-refractivity contribution is 5.71. The van der Waals surface area contributed by atoms with Gasteiger partial charge in [-0.3, -0.25) is 9.59 Å². The van der Waals surface area contributed by atoms with Crippen molar-refractivity contribution < 1.29 is 42.9 Å². The fourth-order valence-corrected chi connectivity index (χ4v) is 6.86. The molecule has 0 aromatic heterocycles. The van der Waals surface area contributed by atoms with Gasteiger partial charge in [0.1, 0.15) is 13.2 Å². The van der Waals surface area contributed by atoms with Gasteiger partial charge in [0, 0.05) is 12.8 Å². The number of allylic oxidation sites excluding steroid dienone is 10. The van der Waals surface area contributed by atoms with Crippen LogP contribution in [-0.4, -0.2) is 87.4 Å². The van der Waals surface area contributed by atoms with E-state index in [2.05, 4.69) is 74.6 Å². The number of nitrogens with zero attached hydrogens (tertiary/aromatic N) is 1. The van der Waals surface area contributed by atoms with Crippen LogP contribution >= 0.6 is 0 Å². The maximum Gasteiger partial charge on any atom is 0.361 e. The number of esters is 2. The number of hydrogen-bond donors (Lipinski definition) is 1. The molecule has 63 heavy (non-hydrogen) atoms. The third-order valence-corrected chi connectivity index (χ3v) is 10.8. The van der Waals surface area contributed by atoms with Gasteiger partial charge in [-0.15, -0.1) is 0 Å². The van der Waals surface area contributed by atoms with Crippen molar-refractivity contribution in [1.29, 1.82) is 0 Å². The van der Waals surface area contributed by atoms with Crippen molar-refractivity contribution in [2.24, 2.45) is 0 Å². The maximum atomic E-state index is 12.8. The summed E-state index contributed by atoms with van der Waals surface area (Å²) in [6.07, 6.45) is 53.2. The van der Waals surface area contributed by atoms with Crippen LogP contribution in [0.1, 0.15) is 206 Å². The van der Waals surface area contributed by atoms with E-state index in [-0.39, 0.29) is 32.2 Å². The molecule has 9 heteroatoms. The third kappa shape index (κ3) is 46.8. The molecule has 0 spiro atoms. The number of carbonyl (C=O) groups is 3. The van der Waals surface area contributed by atoms with E-state index in [1.165, 1.54) is 109 Å². The lowest BCUT2D eigenvalue weighted by molar-refractivity contribution is -0.870. The Labute approximate surface area is 386 Å². The zero-order valence-corrected chi connectivity index (χ0v) is 41.2. The molecule has 0 heterocycles. The molecule has 0 bridgehead atoms. The number of ether oxygens (including phenoxy) is 4. The van der Waals surface area contributed by atoms with Gasteiger partial charge in [-0.05, 0) is 57.8 Å². The zero-order chi connectivity index (χ0) is 46.3. The molecule has 364 valence electrons. The van der Waals surface area contributed by atoms with Crippen molar-refractivity contribution in [3.63, 3.8) is 0 Å². The number of likely N-dealkylation sites (N-methyl/N-ethyl adjacent to an activating group) is 1. The molecule has 0 fully saturated rings. The Hall–Kier alpha value is -3.01. The molecular formula is C54H96NO8+. The lowest BCUT2D eigenvalue weighted by Gasteiger charge is -2.25. The fourth-order valence-electron chi connectivity index (χ4n) is 6.86. The smallest absolute Gasteiger partial charge is 0.361 e. The van der Waals surface area contributed by atoms with Crippen LogP contribution in [-0.2, 0) is 33.3 Å². The number of aliphatic carboxylic acids is 1. The summed E-state index contributed by atoms with van der Waals surface area (Å²) in [7, 11) is 5.95. The quantitative estimate of drug-likeness (QED) is 0.0212. The van der Waals surface area contributed by atoms with Crippen molar-refractivity contribution in [1.82, 2.24) is 0 Å². The first-order chi connectivity index (χ1) is 30.6. The first-order valence-electron chi connectivity index (χ1n) is 25.5. The number of quaternary nitrogens is 1. The summed E-state index contributed by atoms with van der Waals surface area (Å²) in [5, 5.41) is 9.62. The highest BCUT2D eigenvalue weighted by Gasteiger charge is 2.25. The minimum atomic E-state index is -1.51. The van der Waals surface area contributed by atoms with E-state index in [1.807, 2.05) is 21.1 Å². The highest BCUT2D eigenvalue weighted by Crippen LogP contribution is 2.15. The Morgan fingerprint density at radius 1 is 0.492 bits per heavy atom. The van der Waals surface area contributed by atoms with Crippen molar-refractivity contribution >= 4 is 17.9 Å². The van der Waals surface area contributed by atoms with Gasteiger partial charge in [0.15, 0.2) is 6.10 Å². The van der Waals surface area contributed by atoms with Gasteiger partial charge in [0.25, 0.3) is 6.29 Å². The molecule has 0 rings (SSSR count). The molecule has 0 aliphatic carbocycles. The number of carbonyl (C=O) groups excluding carboxylic acids is 2. The fraction of sp³-hybridized carbons (Fsp3) is 0.759. The molecule has 0 aliphatic heterocycles. The second-order valence-corrected chi connectivity index (χ2v) is 18.1. The summed E-state index contributed by atoms with van der Waals surface area (Å²) >= 11 is 0. The van der Waals surface area contributed by atoms with E-state index in [0.717, 1.165) is 70.6 Å². The standard InChI is InChI=1S/C54H95NO8/c1-6-8-10-12-14-15-16-17-18-19-20-21-22-23-24-25-26-27-28-29-30-31-32-33-34-35-36-37-39-41-43-45-52(57)63-50(48-61-51(56)44-42-40-38-13-11-9-7-2)49-62-54(53(58)59)60-47-46-55(3,4)5/h8,10,14-15,17-18,20-21,23-24,50,54H,6-7,9,11-13,16,19,22,25-49H2,1-5H3/p+1/b10-8-,15-14-,18-17-,21-20-,24-23-. The monoisotopic (exact) mass is 887 g/mol. The summed E-state index contributed by atoms with van der Waals surface area (Å²) in [6.45, 7) is 4.71. The summed E-state index contributed by atoms with van der Waals surface area (Å²) in [5.74, 6) is -2.01. The number of unbranched alkanes of at least 4 members (excludes halogenated alkanes) is 21. The van der Waals surface area contributed by atoms with Crippen LogP contribution in [0.5, 0.6) is 0 Å². The third-order valence-electron chi connectivity index (χ3n) is 10.8. The summed E-state index contributed by atoms with van der Waals surface area (Å²) in [4.78, 5) is 37.0. The summed E-state index contributed by atoms with van der Waals surface area (Å²) < 4.78 is 22.7. The van der Waals surface area contributed by atoms with Gasteiger partial charge in [0.05, 0.1) is 34.4 Å². The number of rotatable bonds is 46. The predicted octanol–water partition coefficient (Wildman–Crippen LogP) is 14.1. The van der Waals surface area contributed by atoms with E-state index in [9.17, 15) is 19.5 Å². The first kappa shape index (κ1) is 60.0. The molecule has 0 aromatic carbocycles. The van der Waals surface area contributed by atoms with Gasteiger partial charge in [0.2, 0.25) is 0 Å². The molecule has 2 atom stereocenters. The van der Waals surface area contributed by atoms with E-state index in [1.54, 1.807) is 0 Å². The molecule has 0 aliphatic rings. The molecule has 2 unspecified atom stereocenters. The van der Waals surface area contributed by atoms with Crippen LogP contribution in [0, 0.1) is 0 Å². The highest BCUT2D eigenvalue weighted by atomic mass is 16.7. The number of carboxylic acid groups (broad SMARTS) is 1. The Balaban J connectivity index is 4.05. The lowest BCUT2D eigenvalue weighted by atomic mass is 10.0. The van der Waals surface area contributed by atoms with Crippen LogP contribution < -0.4 is 0 Å². The Morgan fingerprint density at radius 2 is 0.905 bits per heavy atom. The van der Waals surface area contributed by atoms with Crippen molar-refractivity contribution in [3.8, 4) is 0 Å². The van der Waals surface area contributed by atoms with Gasteiger partial charge < -0.3 is 28.5 Å². The molecule has 0 aromatic rings. The minimum absolute atomic E-state index is 0.181. The normalized spacial score (nSPS) is 13.3. The number of carboxylic acids is 1. The van der Waals surface area contributed by atoms with Gasteiger partial charge in [-0.1, -0.05) is 197 Å². The molecule has 0 radical (unpaired) electrons. The Kier molecular flexibility index (Phi) is 43.4. The van der Waals surface area contributed by atoms with Crippen molar-refractivity contribution in [3.05, 3.63) is 60.8 Å². The SMILES string of the molecule is CC/C=C\C/C=C\C/C=C\C/C=C\C/C=C\CCCCCCCCCCCCCCCCCC(=O)OC(COC(=O)CCCCCCCCC)COC(OCC[N+](C)(C)C)C(=O)O. The van der Waals surface area contributed by atoms with Gasteiger partial charge in [-0.2, -0.15) is 0 Å². The summed E-state index contributed by atoms with van der Waals surface area (Å²) in [6, 6.07) is 0. The second-order valence-electron chi connectivity index (χ2n) is 18.1. The van der Waals surface area contributed by atoms with Crippen LogP contribution in [0.2, 0.25) is 0 Å². The van der Waals surface area contributed by atoms with Gasteiger partial charge >= 0.3 is 17.9 Å². The molecule has 0 saturated carbocycles. The Bertz CT molecular complexity index is 1220.